The Morgan fingerprint density at radius 1 is 1.38 bits per heavy atom. The Balaban J connectivity index is 1.91. The summed E-state index contributed by atoms with van der Waals surface area (Å²) in [5, 5.41) is 9.11. The van der Waals surface area contributed by atoms with Gasteiger partial charge < -0.3 is 16.0 Å². The number of carbonyl (C=O) groups excluding carboxylic acids is 2. The SMILES string of the molecule is CC(=O)N[C@@H]1CCC[C@H](C(=O)NC2=CC(I)=C(C)CN2)C1. The van der Waals surface area contributed by atoms with Gasteiger partial charge >= 0.3 is 0 Å². The maximum atomic E-state index is 12.4. The molecule has 21 heavy (non-hydrogen) atoms. The molecule has 0 aromatic rings. The first-order chi connectivity index (χ1) is 9.95. The van der Waals surface area contributed by atoms with E-state index >= 15 is 0 Å². The number of hydrogen-bond acceptors (Lipinski definition) is 3. The topological polar surface area (TPSA) is 70.2 Å². The van der Waals surface area contributed by atoms with Crippen molar-refractivity contribution in [1.82, 2.24) is 16.0 Å². The second kappa shape index (κ2) is 7.29. The van der Waals surface area contributed by atoms with E-state index in [-0.39, 0.29) is 23.8 Å². The van der Waals surface area contributed by atoms with Gasteiger partial charge in [-0.25, -0.2) is 0 Å². The zero-order valence-electron chi connectivity index (χ0n) is 12.5. The molecule has 0 saturated heterocycles. The lowest BCUT2D eigenvalue weighted by Gasteiger charge is -2.29. The Hall–Kier alpha value is -1.05. The summed E-state index contributed by atoms with van der Waals surface area (Å²) in [6.07, 6.45) is 5.52. The molecule has 2 rings (SSSR count). The lowest BCUT2D eigenvalue weighted by molar-refractivity contribution is -0.126. The van der Waals surface area contributed by atoms with Crippen LogP contribution in [0.4, 0.5) is 0 Å². The summed E-state index contributed by atoms with van der Waals surface area (Å²) in [7, 11) is 0. The molecule has 2 aliphatic rings. The van der Waals surface area contributed by atoms with E-state index in [4.69, 9.17) is 0 Å². The minimum atomic E-state index is -0.0250. The van der Waals surface area contributed by atoms with Crippen molar-refractivity contribution in [3.8, 4) is 0 Å². The van der Waals surface area contributed by atoms with Crippen LogP contribution in [-0.4, -0.2) is 24.4 Å². The lowest BCUT2D eigenvalue weighted by Crippen LogP contribution is -2.43. The molecule has 5 nitrogen and oxygen atoms in total. The monoisotopic (exact) mass is 403 g/mol. The van der Waals surface area contributed by atoms with E-state index in [1.54, 1.807) is 0 Å². The molecule has 0 unspecified atom stereocenters. The highest BCUT2D eigenvalue weighted by Gasteiger charge is 2.28. The molecule has 6 heteroatoms. The molecule has 1 aliphatic carbocycles. The van der Waals surface area contributed by atoms with Gasteiger partial charge in [-0.05, 0) is 60.4 Å². The van der Waals surface area contributed by atoms with Gasteiger partial charge in [-0.3, -0.25) is 9.59 Å². The van der Waals surface area contributed by atoms with Crippen molar-refractivity contribution in [1.29, 1.82) is 0 Å². The molecular weight excluding hydrogens is 381 g/mol. The van der Waals surface area contributed by atoms with E-state index in [0.717, 1.165) is 38.0 Å². The molecule has 1 heterocycles. The van der Waals surface area contributed by atoms with Gasteiger partial charge in [0.15, 0.2) is 0 Å². The maximum absolute atomic E-state index is 12.4. The molecule has 3 N–H and O–H groups in total. The van der Waals surface area contributed by atoms with Crippen LogP contribution in [-0.2, 0) is 9.59 Å². The predicted octanol–water partition coefficient (Wildman–Crippen LogP) is 1.95. The van der Waals surface area contributed by atoms with Gasteiger partial charge in [0.2, 0.25) is 11.8 Å². The number of halogens is 1. The molecule has 1 aliphatic heterocycles. The van der Waals surface area contributed by atoms with Crippen molar-refractivity contribution in [2.45, 2.75) is 45.6 Å². The molecule has 0 aromatic heterocycles. The Kier molecular flexibility index (Phi) is 5.66. The fourth-order valence-corrected chi connectivity index (χ4v) is 3.28. The highest BCUT2D eigenvalue weighted by Crippen LogP contribution is 2.25. The van der Waals surface area contributed by atoms with Crippen LogP contribution < -0.4 is 16.0 Å². The standard InChI is InChI=1S/C15H22IN3O2/c1-9-8-17-14(7-13(9)16)19-15(21)11-4-3-5-12(6-11)18-10(2)20/h7,11-12,17H,3-6,8H2,1-2H3,(H,18,20)(H,19,21)/t11-,12+/m0/s1. The highest BCUT2D eigenvalue weighted by molar-refractivity contribution is 14.1. The van der Waals surface area contributed by atoms with E-state index in [9.17, 15) is 9.59 Å². The van der Waals surface area contributed by atoms with Crippen molar-refractivity contribution >= 4 is 34.4 Å². The van der Waals surface area contributed by atoms with E-state index in [2.05, 4.69) is 45.5 Å². The van der Waals surface area contributed by atoms with Gasteiger partial charge in [0.25, 0.3) is 0 Å². The van der Waals surface area contributed by atoms with Crippen LogP contribution in [0.2, 0.25) is 0 Å². The Bertz CT molecular complexity index is 499. The third-order valence-corrected chi connectivity index (χ3v) is 5.17. The zero-order chi connectivity index (χ0) is 15.4. The van der Waals surface area contributed by atoms with Crippen LogP contribution in [0.1, 0.15) is 39.5 Å². The summed E-state index contributed by atoms with van der Waals surface area (Å²) in [5.41, 5.74) is 1.27. The Morgan fingerprint density at radius 2 is 2.14 bits per heavy atom. The van der Waals surface area contributed by atoms with Gasteiger partial charge in [0.05, 0.1) is 0 Å². The van der Waals surface area contributed by atoms with Gasteiger partial charge in [-0.2, -0.15) is 0 Å². The quantitative estimate of drug-likeness (QED) is 0.631. The second-order valence-corrected chi connectivity index (χ2v) is 6.95. The van der Waals surface area contributed by atoms with Crippen LogP contribution in [0.15, 0.2) is 21.0 Å². The Morgan fingerprint density at radius 3 is 2.81 bits per heavy atom. The summed E-state index contributed by atoms with van der Waals surface area (Å²) < 4.78 is 1.17. The molecular formula is C15H22IN3O2. The second-order valence-electron chi connectivity index (χ2n) is 5.79. The minimum absolute atomic E-state index is 0.0205. The van der Waals surface area contributed by atoms with E-state index in [1.165, 1.54) is 16.1 Å². The number of nitrogens with one attached hydrogen (secondary N) is 3. The van der Waals surface area contributed by atoms with Gasteiger partial charge in [-0.15, -0.1) is 0 Å². The smallest absolute Gasteiger partial charge is 0.228 e. The summed E-state index contributed by atoms with van der Waals surface area (Å²) >= 11 is 2.28. The molecule has 116 valence electrons. The lowest BCUT2D eigenvalue weighted by atomic mass is 9.85. The van der Waals surface area contributed by atoms with Crippen LogP contribution in [0.5, 0.6) is 0 Å². The van der Waals surface area contributed by atoms with Gasteiger partial charge in [-0.1, -0.05) is 6.42 Å². The Labute approximate surface area is 139 Å². The van der Waals surface area contributed by atoms with Crippen molar-refractivity contribution in [3.63, 3.8) is 0 Å². The number of hydrogen-bond donors (Lipinski definition) is 3. The molecule has 0 aromatic carbocycles. The summed E-state index contributed by atoms with van der Waals surface area (Å²) in [6, 6.07) is 0.127. The third-order valence-electron chi connectivity index (χ3n) is 3.93. The largest absolute Gasteiger partial charge is 0.368 e. The van der Waals surface area contributed by atoms with Gasteiger partial charge in [0, 0.05) is 29.0 Å². The first-order valence-electron chi connectivity index (χ1n) is 7.34. The van der Waals surface area contributed by atoms with E-state index in [0.29, 0.717) is 0 Å². The average molecular weight is 403 g/mol. The molecule has 0 bridgehead atoms. The third kappa shape index (κ3) is 4.72. The minimum Gasteiger partial charge on any atom is -0.368 e. The van der Waals surface area contributed by atoms with Crippen LogP contribution >= 0.6 is 22.6 Å². The predicted molar refractivity (Wildman–Crippen MR) is 90.5 cm³/mol. The molecule has 0 radical (unpaired) electrons. The number of carbonyl (C=O) groups is 2. The van der Waals surface area contributed by atoms with Gasteiger partial charge in [0.1, 0.15) is 5.82 Å². The first kappa shape index (κ1) is 16.3. The van der Waals surface area contributed by atoms with Crippen LogP contribution in [0.25, 0.3) is 0 Å². The average Bonchev–Trinajstić information content (AvgIpc) is 2.42. The van der Waals surface area contributed by atoms with Crippen LogP contribution in [0, 0.1) is 5.92 Å². The fraction of sp³-hybridized carbons (Fsp3) is 0.600. The van der Waals surface area contributed by atoms with Crippen molar-refractivity contribution in [3.05, 3.63) is 21.0 Å². The molecule has 1 saturated carbocycles. The maximum Gasteiger partial charge on any atom is 0.228 e. The highest BCUT2D eigenvalue weighted by atomic mass is 127. The van der Waals surface area contributed by atoms with Crippen molar-refractivity contribution in [2.24, 2.45) is 5.92 Å². The molecule has 0 spiro atoms. The number of allylic oxidation sites excluding steroid dienone is 2. The number of amides is 2. The molecule has 1 fully saturated rings. The summed E-state index contributed by atoms with van der Waals surface area (Å²) in [6.45, 7) is 4.36. The number of rotatable bonds is 3. The summed E-state index contributed by atoms with van der Waals surface area (Å²) in [5.74, 6) is 0.778. The summed E-state index contributed by atoms with van der Waals surface area (Å²) in [4.78, 5) is 23.5. The first-order valence-corrected chi connectivity index (χ1v) is 8.42. The van der Waals surface area contributed by atoms with E-state index in [1.807, 2.05) is 6.08 Å². The molecule has 2 amide bonds. The molecule has 2 atom stereocenters. The van der Waals surface area contributed by atoms with Crippen molar-refractivity contribution < 1.29 is 9.59 Å². The normalized spacial score (nSPS) is 25.8. The fourth-order valence-electron chi connectivity index (χ4n) is 2.77. The zero-order valence-corrected chi connectivity index (χ0v) is 14.6. The van der Waals surface area contributed by atoms with E-state index < -0.39 is 0 Å². The van der Waals surface area contributed by atoms with Crippen molar-refractivity contribution in [2.75, 3.05) is 6.54 Å². The van der Waals surface area contributed by atoms with Crippen LogP contribution in [0.3, 0.4) is 0 Å². The number of dihydropyridines is 1.